The van der Waals surface area contributed by atoms with Crippen molar-refractivity contribution in [2.45, 2.75) is 30.2 Å². The van der Waals surface area contributed by atoms with E-state index in [0.29, 0.717) is 22.3 Å². The Hall–Kier alpha value is -1.39. The van der Waals surface area contributed by atoms with Gasteiger partial charge in [-0.1, -0.05) is 49.9 Å². The van der Waals surface area contributed by atoms with Gasteiger partial charge in [0.05, 0.1) is 4.90 Å². The Kier molecular flexibility index (Phi) is 5.76. The van der Waals surface area contributed by atoms with E-state index >= 15 is 0 Å². The molecule has 0 saturated heterocycles. The summed E-state index contributed by atoms with van der Waals surface area (Å²) >= 11 is 1.14. The first-order valence-corrected chi connectivity index (χ1v) is 7.80. The molecule has 21 heavy (non-hydrogen) atoms. The van der Waals surface area contributed by atoms with E-state index in [4.69, 9.17) is 0 Å². The Labute approximate surface area is 128 Å². The van der Waals surface area contributed by atoms with Crippen LogP contribution in [0.25, 0.3) is 0 Å². The standard InChI is InChI=1S/C17H19F2NS/c1-12(2)10-20-11-13-6-5-8-15(19)17(13)21-16-9-4-3-7-14(16)18/h3-9,12,20H,10-11H2,1-2H3. The van der Waals surface area contributed by atoms with Crippen LogP contribution in [0.5, 0.6) is 0 Å². The summed E-state index contributed by atoms with van der Waals surface area (Å²) in [5.74, 6) is -0.111. The van der Waals surface area contributed by atoms with Gasteiger partial charge in [-0.25, -0.2) is 8.78 Å². The van der Waals surface area contributed by atoms with Gasteiger partial charge in [-0.2, -0.15) is 0 Å². The van der Waals surface area contributed by atoms with Gasteiger partial charge in [-0.05, 0) is 36.2 Å². The second-order valence-electron chi connectivity index (χ2n) is 5.29. The fraction of sp³-hybridized carbons (Fsp3) is 0.294. The van der Waals surface area contributed by atoms with Gasteiger partial charge in [0.2, 0.25) is 0 Å². The number of benzene rings is 2. The molecule has 0 aliphatic heterocycles. The quantitative estimate of drug-likeness (QED) is 0.818. The van der Waals surface area contributed by atoms with Crippen molar-refractivity contribution in [1.29, 1.82) is 0 Å². The minimum Gasteiger partial charge on any atom is -0.312 e. The Morgan fingerprint density at radius 3 is 2.43 bits per heavy atom. The molecule has 0 bridgehead atoms. The summed E-state index contributed by atoms with van der Waals surface area (Å²) in [4.78, 5) is 0.923. The van der Waals surface area contributed by atoms with Crippen molar-refractivity contribution in [1.82, 2.24) is 5.32 Å². The number of hydrogen-bond donors (Lipinski definition) is 1. The van der Waals surface area contributed by atoms with Gasteiger partial charge in [0.15, 0.2) is 0 Å². The molecule has 112 valence electrons. The van der Waals surface area contributed by atoms with Crippen molar-refractivity contribution in [3.05, 3.63) is 59.7 Å². The van der Waals surface area contributed by atoms with E-state index in [2.05, 4.69) is 19.2 Å². The van der Waals surface area contributed by atoms with Crippen LogP contribution in [0, 0.1) is 17.6 Å². The van der Waals surface area contributed by atoms with Crippen LogP contribution in [0.2, 0.25) is 0 Å². The molecule has 0 unspecified atom stereocenters. The van der Waals surface area contributed by atoms with E-state index in [1.54, 1.807) is 24.3 Å². The van der Waals surface area contributed by atoms with Crippen molar-refractivity contribution in [2.24, 2.45) is 5.92 Å². The molecule has 0 amide bonds. The number of hydrogen-bond acceptors (Lipinski definition) is 2. The summed E-state index contributed by atoms with van der Waals surface area (Å²) in [7, 11) is 0. The average molecular weight is 307 g/mol. The Morgan fingerprint density at radius 2 is 1.71 bits per heavy atom. The summed E-state index contributed by atoms with van der Waals surface area (Å²) in [6, 6.07) is 11.4. The molecular weight excluding hydrogens is 288 g/mol. The minimum atomic E-state index is -0.327. The van der Waals surface area contributed by atoms with Gasteiger partial charge in [-0.3, -0.25) is 0 Å². The van der Waals surface area contributed by atoms with Crippen LogP contribution in [0.4, 0.5) is 8.78 Å². The lowest BCUT2D eigenvalue weighted by Gasteiger charge is -2.12. The SMILES string of the molecule is CC(C)CNCc1cccc(F)c1Sc1ccccc1F. The second kappa shape index (κ2) is 7.57. The third-order valence-electron chi connectivity index (χ3n) is 2.97. The maximum atomic E-state index is 14.1. The summed E-state index contributed by atoms with van der Waals surface area (Å²) in [6.07, 6.45) is 0. The van der Waals surface area contributed by atoms with Crippen molar-refractivity contribution in [3.63, 3.8) is 0 Å². The predicted molar refractivity (Wildman–Crippen MR) is 83.5 cm³/mol. The molecule has 0 radical (unpaired) electrons. The molecule has 0 saturated carbocycles. The first-order valence-electron chi connectivity index (χ1n) is 6.98. The van der Waals surface area contributed by atoms with Gasteiger partial charge in [0.1, 0.15) is 11.6 Å². The van der Waals surface area contributed by atoms with Crippen LogP contribution >= 0.6 is 11.8 Å². The van der Waals surface area contributed by atoms with Crippen molar-refractivity contribution >= 4 is 11.8 Å². The summed E-state index contributed by atoms with van der Waals surface area (Å²) in [5.41, 5.74) is 0.851. The smallest absolute Gasteiger partial charge is 0.137 e. The number of nitrogens with one attached hydrogen (secondary N) is 1. The lowest BCUT2D eigenvalue weighted by molar-refractivity contribution is 0.542. The average Bonchev–Trinajstić information content (AvgIpc) is 2.44. The van der Waals surface area contributed by atoms with E-state index < -0.39 is 0 Å². The molecule has 0 aromatic heterocycles. The molecule has 1 nitrogen and oxygen atoms in total. The molecule has 0 spiro atoms. The second-order valence-corrected chi connectivity index (χ2v) is 6.34. The van der Waals surface area contributed by atoms with Gasteiger partial charge in [-0.15, -0.1) is 0 Å². The van der Waals surface area contributed by atoms with Crippen LogP contribution < -0.4 is 5.32 Å². The first-order chi connectivity index (χ1) is 10.1. The fourth-order valence-corrected chi connectivity index (χ4v) is 2.91. The molecular formula is C17H19F2NS. The monoisotopic (exact) mass is 307 g/mol. The van der Waals surface area contributed by atoms with E-state index in [1.165, 1.54) is 12.1 Å². The van der Waals surface area contributed by atoms with Crippen LogP contribution in [-0.2, 0) is 6.54 Å². The van der Waals surface area contributed by atoms with Gasteiger partial charge < -0.3 is 5.32 Å². The highest BCUT2D eigenvalue weighted by Crippen LogP contribution is 2.34. The predicted octanol–water partition coefficient (Wildman–Crippen LogP) is 4.86. The zero-order valence-corrected chi connectivity index (χ0v) is 13.0. The normalized spacial score (nSPS) is 11.1. The highest BCUT2D eigenvalue weighted by atomic mass is 32.2. The largest absolute Gasteiger partial charge is 0.312 e. The first kappa shape index (κ1) is 16.0. The lowest BCUT2D eigenvalue weighted by atomic mass is 10.2. The topological polar surface area (TPSA) is 12.0 Å². The molecule has 0 aliphatic rings. The van der Waals surface area contributed by atoms with Crippen LogP contribution in [-0.4, -0.2) is 6.54 Å². The van der Waals surface area contributed by atoms with E-state index in [-0.39, 0.29) is 11.6 Å². The number of rotatable bonds is 6. The molecule has 0 aliphatic carbocycles. The van der Waals surface area contributed by atoms with E-state index in [9.17, 15) is 8.78 Å². The summed E-state index contributed by atoms with van der Waals surface area (Å²) in [6.45, 7) is 5.67. The third kappa shape index (κ3) is 4.55. The summed E-state index contributed by atoms with van der Waals surface area (Å²) < 4.78 is 27.8. The van der Waals surface area contributed by atoms with Crippen LogP contribution in [0.1, 0.15) is 19.4 Å². The molecule has 0 heterocycles. The fourth-order valence-electron chi connectivity index (χ4n) is 1.94. The Balaban J connectivity index is 2.20. The van der Waals surface area contributed by atoms with Gasteiger partial charge in [0.25, 0.3) is 0 Å². The van der Waals surface area contributed by atoms with Crippen LogP contribution in [0.3, 0.4) is 0 Å². The minimum absolute atomic E-state index is 0.313. The molecule has 2 aromatic rings. The summed E-state index contributed by atoms with van der Waals surface area (Å²) in [5, 5.41) is 3.30. The zero-order chi connectivity index (χ0) is 15.2. The van der Waals surface area contributed by atoms with E-state index in [1.807, 2.05) is 6.07 Å². The maximum Gasteiger partial charge on any atom is 0.137 e. The molecule has 0 fully saturated rings. The van der Waals surface area contributed by atoms with Crippen molar-refractivity contribution in [2.75, 3.05) is 6.54 Å². The van der Waals surface area contributed by atoms with Gasteiger partial charge in [0, 0.05) is 11.4 Å². The molecule has 2 aromatic carbocycles. The molecule has 2 rings (SSSR count). The Morgan fingerprint density at radius 1 is 1.00 bits per heavy atom. The molecule has 0 atom stereocenters. The van der Waals surface area contributed by atoms with Gasteiger partial charge >= 0.3 is 0 Å². The molecule has 1 N–H and O–H groups in total. The lowest BCUT2D eigenvalue weighted by Crippen LogP contribution is -2.19. The highest BCUT2D eigenvalue weighted by molar-refractivity contribution is 7.99. The molecule has 4 heteroatoms. The Bertz CT molecular complexity index is 599. The maximum absolute atomic E-state index is 14.1. The highest BCUT2D eigenvalue weighted by Gasteiger charge is 2.12. The van der Waals surface area contributed by atoms with Crippen molar-refractivity contribution in [3.8, 4) is 0 Å². The van der Waals surface area contributed by atoms with Crippen LogP contribution in [0.15, 0.2) is 52.3 Å². The van der Waals surface area contributed by atoms with Crippen molar-refractivity contribution < 1.29 is 8.78 Å². The number of halogens is 2. The zero-order valence-electron chi connectivity index (χ0n) is 12.2. The third-order valence-corrected chi connectivity index (χ3v) is 4.18. The van der Waals surface area contributed by atoms with E-state index in [0.717, 1.165) is 23.9 Å².